The fourth-order valence-electron chi connectivity index (χ4n) is 7.02. The van der Waals surface area contributed by atoms with Crippen LogP contribution in [0.4, 0.5) is 0 Å². The van der Waals surface area contributed by atoms with Crippen molar-refractivity contribution in [2.75, 3.05) is 0 Å². The number of hydrogen-bond acceptors (Lipinski definition) is 16. The summed E-state index contributed by atoms with van der Waals surface area (Å²) in [6, 6.07) is 55.9. The average molecular weight is 1100 g/mol. The van der Waals surface area contributed by atoms with Crippen LogP contribution in [-0.2, 0) is 63.4 Å². The standard InChI is InChI=1S/C30H21NO9S3.2C10H8O3S.2Na/c32-41(33,28-16-13-22-7-1-4-10-25(22)19-28)38-31(39-42(34,35)29-17-14-23-8-2-5-11-26(23)20-29)40-43(36,37)30-18-15-24-9-3-6-12-27(24)21-30;2*11-14(12,13)10-6-5-8-3-1-2-4-9(8)7-10;;/h1-21H;2*1-7H,(H,11,12,13);;/q;;;2*+1/p-2. The van der Waals surface area contributed by atoms with Gasteiger partial charge in [-0.05, 0) is 115 Å². The summed E-state index contributed by atoms with van der Waals surface area (Å²) < 4.78 is 159. The minimum absolute atomic E-state index is 0. The van der Waals surface area contributed by atoms with Crippen LogP contribution in [0.15, 0.2) is 237 Å². The van der Waals surface area contributed by atoms with E-state index in [0.29, 0.717) is 16.2 Å². The summed E-state index contributed by atoms with van der Waals surface area (Å²) in [5.74, 6) is 0. The molecule has 0 aliphatic carbocycles. The Morgan fingerprint density at radius 2 is 0.438 bits per heavy atom. The average Bonchev–Trinajstić information content (AvgIpc) is 3.35. The molecule has 0 bridgehead atoms. The van der Waals surface area contributed by atoms with Crippen LogP contribution >= 0.6 is 0 Å². The maximum absolute atomic E-state index is 13.3. The van der Waals surface area contributed by atoms with Crippen molar-refractivity contribution in [2.45, 2.75) is 24.5 Å². The number of nitrogens with zero attached hydrogens (tertiary/aromatic N) is 1. The van der Waals surface area contributed by atoms with Gasteiger partial charge in [-0.1, -0.05) is 152 Å². The van der Waals surface area contributed by atoms with Crippen molar-refractivity contribution in [1.82, 2.24) is 5.39 Å². The van der Waals surface area contributed by atoms with Gasteiger partial charge in [0.1, 0.15) is 25.6 Å². The van der Waals surface area contributed by atoms with Crippen molar-refractivity contribution < 1.29 is 123 Å². The van der Waals surface area contributed by atoms with Gasteiger partial charge in [0, 0.05) is 0 Å². The predicted molar refractivity (Wildman–Crippen MR) is 262 cm³/mol. The van der Waals surface area contributed by atoms with Gasteiger partial charge >= 0.3 is 89.5 Å². The molecule has 0 unspecified atom stereocenters. The van der Waals surface area contributed by atoms with E-state index in [0.717, 1.165) is 37.7 Å². The van der Waals surface area contributed by atoms with Crippen LogP contribution in [0.1, 0.15) is 0 Å². The van der Waals surface area contributed by atoms with Crippen LogP contribution in [0.3, 0.4) is 0 Å². The first kappa shape index (κ1) is 57.3. The van der Waals surface area contributed by atoms with E-state index < -0.39 is 70.7 Å². The molecule has 16 nitrogen and oxygen atoms in total. The second-order valence-corrected chi connectivity index (χ2v) is 22.6. The quantitative estimate of drug-likeness (QED) is 0.103. The second-order valence-electron chi connectivity index (χ2n) is 15.3. The van der Waals surface area contributed by atoms with Crippen LogP contribution in [0, 0.1) is 0 Å². The van der Waals surface area contributed by atoms with Crippen molar-refractivity contribution in [1.29, 1.82) is 0 Å². The number of hydrogen-bond donors (Lipinski definition) is 0. The first-order chi connectivity index (χ1) is 33.6. The van der Waals surface area contributed by atoms with Gasteiger partial charge < -0.3 is 9.11 Å². The molecule has 0 radical (unpaired) electrons. The first-order valence-electron chi connectivity index (χ1n) is 20.6. The van der Waals surface area contributed by atoms with Crippen molar-refractivity contribution >= 4 is 104 Å². The summed E-state index contributed by atoms with van der Waals surface area (Å²) >= 11 is 0. The van der Waals surface area contributed by atoms with Gasteiger partial charge in [0.15, 0.2) is 0 Å². The van der Waals surface area contributed by atoms with E-state index in [-0.39, 0.29) is 68.9 Å². The molecule has 0 aromatic heterocycles. The molecular formula is C50H35NNa2O15S5. The maximum atomic E-state index is 13.3. The topological polar surface area (TPSA) is 248 Å². The molecule has 0 atom stereocenters. The minimum atomic E-state index is -4.88. The van der Waals surface area contributed by atoms with E-state index in [1.54, 1.807) is 109 Å². The Labute approximate surface area is 465 Å². The van der Waals surface area contributed by atoms with E-state index in [1.807, 2.05) is 24.3 Å². The molecule has 0 aliphatic heterocycles. The van der Waals surface area contributed by atoms with Crippen molar-refractivity contribution in [3.05, 3.63) is 212 Å². The largest absolute Gasteiger partial charge is 1.00 e. The zero-order chi connectivity index (χ0) is 50.6. The number of rotatable bonds is 11. The van der Waals surface area contributed by atoms with Crippen molar-refractivity contribution in [3.63, 3.8) is 0 Å². The molecule has 0 fully saturated rings. The van der Waals surface area contributed by atoms with Crippen molar-refractivity contribution in [2.24, 2.45) is 0 Å². The summed E-state index contributed by atoms with van der Waals surface area (Å²) in [6.45, 7) is 0. The summed E-state index contributed by atoms with van der Waals surface area (Å²) in [7, 11) is -23.3. The molecule has 10 rings (SSSR count). The first-order valence-corrected chi connectivity index (χ1v) is 27.7. The molecule has 0 amide bonds. The second kappa shape index (κ2) is 23.7. The Morgan fingerprint density at radius 1 is 0.260 bits per heavy atom. The van der Waals surface area contributed by atoms with Gasteiger partial charge in [0.2, 0.25) is 0 Å². The minimum Gasteiger partial charge on any atom is -0.744 e. The Hall–Kier alpha value is -4.99. The fraction of sp³-hybridized carbons (Fsp3) is 0. The van der Waals surface area contributed by atoms with Crippen LogP contribution in [0.5, 0.6) is 0 Å². The molecule has 23 heteroatoms. The third-order valence-electron chi connectivity index (χ3n) is 10.5. The molecule has 0 heterocycles. The van der Waals surface area contributed by atoms with E-state index in [4.69, 9.17) is 12.9 Å². The van der Waals surface area contributed by atoms with E-state index in [9.17, 15) is 51.2 Å². The maximum Gasteiger partial charge on any atom is 1.00 e. The molecule has 0 aliphatic rings. The van der Waals surface area contributed by atoms with Gasteiger partial charge in [-0.2, -0.15) is 25.3 Å². The predicted octanol–water partition coefficient (Wildman–Crippen LogP) is 3.21. The Balaban J connectivity index is 0.000000235. The Kier molecular flexibility index (Phi) is 18.6. The smallest absolute Gasteiger partial charge is 0.744 e. The third-order valence-corrected chi connectivity index (χ3v) is 15.6. The molecule has 10 aromatic carbocycles. The molecule has 0 saturated heterocycles. The monoisotopic (exact) mass is 1100 g/mol. The van der Waals surface area contributed by atoms with Gasteiger partial charge in [0.05, 0.1) is 24.5 Å². The van der Waals surface area contributed by atoms with Crippen LogP contribution < -0.4 is 59.1 Å². The summed E-state index contributed by atoms with van der Waals surface area (Å²) in [5.41, 5.74) is 0. The van der Waals surface area contributed by atoms with E-state index in [2.05, 4.69) is 0 Å². The van der Waals surface area contributed by atoms with Gasteiger partial charge in [-0.15, -0.1) is 12.9 Å². The molecular weight excluding hydrogens is 1060 g/mol. The van der Waals surface area contributed by atoms with Crippen LogP contribution in [0.2, 0.25) is 0 Å². The Morgan fingerprint density at radius 3 is 0.644 bits per heavy atom. The summed E-state index contributed by atoms with van der Waals surface area (Å²) in [5, 5.41) is 6.60. The van der Waals surface area contributed by atoms with Crippen LogP contribution in [-0.4, -0.2) is 56.6 Å². The van der Waals surface area contributed by atoms with Gasteiger partial charge in [-0.3, -0.25) is 0 Å². The number of benzene rings is 10. The summed E-state index contributed by atoms with van der Waals surface area (Å²) in [4.78, 5) is -1.59. The van der Waals surface area contributed by atoms with Gasteiger partial charge in [-0.25, -0.2) is 16.8 Å². The molecule has 0 N–H and O–H groups in total. The normalized spacial score (nSPS) is 12.0. The van der Waals surface area contributed by atoms with Crippen molar-refractivity contribution in [3.8, 4) is 0 Å². The molecule has 362 valence electrons. The van der Waals surface area contributed by atoms with Gasteiger partial charge in [0.25, 0.3) is 0 Å². The molecule has 73 heavy (non-hydrogen) atoms. The Bertz CT molecular complexity index is 3870. The molecule has 0 saturated carbocycles. The molecule has 0 spiro atoms. The summed E-state index contributed by atoms with van der Waals surface area (Å²) in [6.07, 6.45) is 0. The zero-order valence-electron chi connectivity index (χ0n) is 38.3. The zero-order valence-corrected chi connectivity index (χ0v) is 46.4. The number of fused-ring (bicyclic) bond motifs is 5. The van der Waals surface area contributed by atoms with E-state index in [1.165, 1.54) is 78.9 Å². The van der Waals surface area contributed by atoms with E-state index >= 15 is 0 Å². The fourth-order valence-corrected chi connectivity index (χ4v) is 10.6. The SMILES string of the molecule is O=S(=O)(ON(OS(=O)(=O)c1ccc2ccccc2c1)OS(=O)(=O)c1ccc2ccccc2c1)c1ccc2ccccc2c1.O=S(=O)([O-])c1ccc2ccccc2c1.O=S(=O)([O-])c1ccc2ccccc2c1.[Na+].[Na+]. The van der Waals surface area contributed by atoms with Crippen LogP contribution in [0.25, 0.3) is 53.9 Å². The molecule has 10 aromatic rings. The third kappa shape index (κ3) is 14.4.